The number of hydrogen-bond acceptors (Lipinski definition) is 4. The molecule has 0 fully saturated rings. The number of rotatable bonds is 6. The largest absolute Gasteiger partial charge is 0.377 e. The quantitative estimate of drug-likeness (QED) is 0.624. The van der Waals surface area contributed by atoms with Crippen LogP contribution in [0.15, 0.2) is 24.3 Å². The lowest BCUT2D eigenvalue weighted by Gasteiger charge is -2.25. The Hall–Kier alpha value is -1.46. The highest BCUT2D eigenvalue weighted by Crippen LogP contribution is 2.18. The van der Waals surface area contributed by atoms with Crippen LogP contribution in [-0.4, -0.2) is 24.2 Å². The van der Waals surface area contributed by atoms with Crippen molar-refractivity contribution < 1.29 is 9.66 Å². The summed E-state index contributed by atoms with van der Waals surface area (Å²) < 4.78 is 5.32. The monoisotopic (exact) mass is 252 g/mol. The molecule has 0 bridgehead atoms. The second kappa shape index (κ2) is 5.93. The van der Waals surface area contributed by atoms with Gasteiger partial charge in [0.15, 0.2) is 0 Å². The van der Waals surface area contributed by atoms with Crippen LogP contribution in [0.4, 0.5) is 5.69 Å². The van der Waals surface area contributed by atoms with Gasteiger partial charge in [-0.25, -0.2) is 0 Å². The Morgan fingerprint density at radius 2 is 1.94 bits per heavy atom. The Balaban J connectivity index is 2.62. The van der Waals surface area contributed by atoms with E-state index in [-0.39, 0.29) is 17.3 Å². The van der Waals surface area contributed by atoms with Gasteiger partial charge >= 0.3 is 0 Å². The molecular weight excluding hydrogens is 232 g/mol. The van der Waals surface area contributed by atoms with Gasteiger partial charge in [-0.15, -0.1) is 0 Å². The van der Waals surface area contributed by atoms with E-state index < -0.39 is 4.92 Å². The molecule has 1 atom stereocenters. The van der Waals surface area contributed by atoms with E-state index in [4.69, 9.17) is 4.74 Å². The van der Waals surface area contributed by atoms with Crippen LogP contribution in [0.25, 0.3) is 0 Å². The van der Waals surface area contributed by atoms with Crippen molar-refractivity contribution in [2.75, 3.05) is 13.7 Å². The molecule has 0 aromatic heterocycles. The molecule has 0 aliphatic heterocycles. The zero-order chi connectivity index (χ0) is 13.8. The fourth-order valence-electron chi connectivity index (χ4n) is 1.47. The highest BCUT2D eigenvalue weighted by molar-refractivity contribution is 5.34. The van der Waals surface area contributed by atoms with E-state index in [1.165, 1.54) is 12.1 Å². The van der Waals surface area contributed by atoms with E-state index in [2.05, 4.69) is 5.32 Å². The molecule has 0 amide bonds. The molecule has 0 radical (unpaired) electrons. The van der Waals surface area contributed by atoms with Crippen LogP contribution in [0.1, 0.15) is 32.4 Å². The molecule has 5 nitrogen and oxygen atoms in total. The smallest absolute Gasteiger partial charge is 0.269 e. The van der Waals surface area contributed by atoms with E-state index in [1.54, 1.807) is 19.2 Å². The van der Waals surface area contributed by atoms with Crippen LogP contribution in [0, 0.1) is 10.1 Å². The fourth-order valence-corrected chi connectivity index (χ4v) is 1.47. The van der Waals surface area contributed by atoms with E-state index in [9.17, 15) is 10.1 Å². The Morgan fingerprint density at radius 3 is 2.39 bits per heavy atom. The summed E-state index contributed by atoms with van der Waals surface area (Å²) in [6.45, 7) is 6.74. The molecule has 18 heavy (non-hydrogen) atoms. The molecule has 0 saturated carbocycles. The maximum atomic E-state index is 10.6. The minimum Gasteiger partial charge on any atom is -0.377 e. The first-order chi connectivity index (χ1) is 8.35. The van der Waals surface area contributed by atoms with E-state index in [0.717, 1.165) is 5.56 Å². The third-order valence-corrected chi connectivity index (χ3v) is 2.99. The lowest BCUT2D eigenvalue weighted by atomic mass is 10.1. The number of benzene rings is 1. The average molecular weight is 252 g/mol. The average Bonchev–Trinajstić information content (AvgIpc) is 2.36. The Bertz CT molecular complexity index is 401. The molecule has 5 heteroatoms. The second-order valence-electron chi connectivity index (χ2n) is 4.92. The van der Waals surface area contributed by atoms with Crippen molar-refractivity contribution in [2.24, 2.45) is 0 Å². The molecule has 0 saturated heterocycles. The summed E-state index contributed by atoms with van der Waals surface area (Å²) in [6, 6.07) is 6.72. The predicted octanol–water partition coefficient (Wildman–Crippen LogP) is 2.67. The fraction of sp³-hybridized carbons (Fsp3) is 0.538. The van der Waals surface area contributed by atoms with Crippen molar-refractivity contribution >= 4 is 5.69 Å². The molecule has 0 aliphatic carbocycles. The topological polar surface area (TPSA) is 64.4 Å². The van der Waals surface area contributed by atoms with Crippen molar-refractivity contribution in [2.45, 2.75) is 32.4 Å². The summed E-state index contributed by atoms with van der Waals surface area (Å²) in [5.74, 6) is 0. The first-order valence-corrected chi connectivity index (χ1v) is 5.88. The number of non-ortho nitro benzene ring substituents is 1. The normalized spacial score (nSPS) is 13.3. The highest BCUT2D eigenvalue weighted by Gasteiger charge is 2.17. The number of nitro groups is 1. The molecular formula is C13H20N2O3. The van der Waals surface area contributed by atoms with Crippen LogP contribution in [0.3, 0.4) is 0 Å². The van der Waals surface area contributed by atoms with Gasteiger partial charge in [-0.1, -0.05) is 12.1 Å². The SMILES string of the molecule is COC(C)(C)CNC(C)c1ccc([N+](=O)[O-])cc1. The summed E-state index contributed by atoms with van der Waals surface area (Å²) in [7, 11) is 1.68. The molecule has 0 aliphatic rings. The minimum atomic E-state index is -0.393. The first kappa shape index (κ1) is 14.6. The van der Waals surface area contributed by atoms with Crippen LogP contribution in [-0.2, 0) is 4.74 Å². The number of hydrogen-bond donors (Lipinski definition) is 1. The van der Waals surface area contributed by atoms with E-state index in [0.29, 0.717) is 6.54 Å². The maximum absolute atomic E-state index is 10.6. The Labute approximate surface area is 107 Å². The molecule has 100 valence electrons. The number of nitrogens with zero attached hydrogens (tertiary/aromatic N) is 1. The molecule has 1 aromatic carbocycles. The van der Waals surface area contributed by atoms with Crippen LogP contribution >= 0.6 is 0 Å². The minimum absolute atomic E-state index is 0.114. The maximum Gasteiger partial charge on any atom is 0.269 e. The highest BCUT2D eigenvalue weighted by atomic mass is 16.6. The van der Waals surface area contributed by atoms with Crippen LogP contribution in [0.2, 0.25) is 0 Å². The molecule has 1 aromatic rings. The summed E-state index contributed by atoms with van der Waals surface area (Å²) in [6.07, 6.45) is 0. The number of nitro benzene ring substituents is 1. The molecule has 1 unspecified atom stereocenters. The third-order valence-electron chi connectivity index (χ3n) is 2.99. The summed E-state index contributed by atoms with van der Waals surface area (Å²) in [5, 5.41) is 13.9. The Kier molecular flexibility index (Phi) is 4.81. The van der Waals surface area contributed by atoms with Crippen LogP contribution < -0.4 is 5.32 Å². The van der Waals surface area contributed by atoms with Gasteiger partial charge < -0.3 is 10.1 Å². The second-order valence-corrected chi connectivity index (χ2v) is 4.92. The summed E-state index contributed by atoms with van der Waals surface area (Å²) in [4.78, 5) is 10.2. The van der Waals surface area contributed by atoms with Crippen molar-refractivity contribution in [3.8, 4) is 0 Å². The van der Waals surface area contributed by atoms with Crippen LogP contribution in [0.5, 0.6) is 0 Å². The molecule has 1 rings (SSSR count). The molecule has 0 heterocycles. The summed E-state index contributed by atoms with van der Waals surface area (Å²) >= 11 is 0. The number of ether oxygens (including phenoxy) is 1. The standard InChI is InChI=1S/C13H20N2O3/c1-10(14-9-13(2,3)18-4)11-5-7-12(8-6-11)15(16)17/h5-8,10,14H,9H2,1-4H3. The van der Waals surface area contributed by atoms with Crippen molar-refractivity contribution in [3.63, 3.8) is 0 Å². The number of nitrogens with one attached hydrogen (secondary N) is 1. The first-order valence-electron chi connectivity index (χ1n) is 5.88. The van der Waals surface area contributed by atoms with Crippen molar-refractivity contribution in [1.29, 1.82) is 0 Å². The van der Waals surface area contributed by atoms with Gasteiger partial charge in [-0.3, -0.25) is 10.1 Å². The third kappa shape index (κ3) is 4.09. The van der Waals surface area contributed by atoms with Gasteiger partial charge in [0.05, 0.1) is 10.5 Å². The zero-order valence-electron chi connectivity index (χ0n) is 11.3. The van der Waals surface area contributed by atoms with Gasteiger partial charge in [0, 0.05) is 31.8 Å². The van der Waals surface area contributed by atoms with Gasteiger partial charge in [-0.2, -0.15) is 0 Å². The van der Waals surface area contributed by atoms with E-state index in [1.807, 2.05) is 20.8 Å². The predicted molar refractivity (Wildman–Crippen MR) is 70.6 cm³/mol. The van der Waals surface area contributed by atoms with Crippen molar-refractivity contribution in [3.05, 3.63) is 39.9 Å². The number of methoxy groups -OCH3 is 1. The van der Waals surface area contributed by atoms with Gasteiger partial charge in [-0.05, 0) is 26.3 Å². The van der Waals surface area contributed by atoms with Gasteiger partial charge in [0.25, 0.3) is 5.69 Å². The summed E-state index contributed by atoms with van der Waals surface area (Å²) in [5.41, 5.74) is 0.908. The van der Waals surface area contributed by atoms with Gasteiger partial charge in [0.1, 0.15) is 0 Å². The Morgan fingerprint density at radius 1 is 1.39 bits per heavy atom. The lowest BCUT2D eigenvalue weighted by molar-refractivity contribution is -0.384. The zero-order valence-corrected chi connectivity index (χ0v) is 11.3. The van der Waals surface area contributed by atoms with Crippen molar-refractivity contribution in [1.82, 2.24) is 5.32 Å². The molecule has 1 N–H and O–H groups in total. The molecule has 0 spiro atoms. The lowest BCUT2D eigenvalue weighted by Crippen LogP contribution is -2.37. The van der Waals surface area contributed by atoms with Gasteiger partial charge in [0.2, 0.25) is 0 Å². The van der Waals surface area contributed by atoms with E-state index >= 15 is 0 Å².